The monoisotopic (exact) mass is 236 g/mol. The van der Waals surface area contributed by atoms with Crippen molar-refractivity contribution in [1.82, 2.24) is 9.78 Å². The van der Waals surface area contributed by atoms with Crippen LogP contribution in [-0.4, -0.2) is 9.78 Å². The molecule has 0 radical (unpaired) electrons. The van der Waals surface area contributed by atoms with Gasteiger partial charge in [0.15, 0.2) is 0 Å². The van der Waals surface area contributed by atoms with Gasteiger partial charge in [-0.05, 0) is 0 Å². The standard InChI is InChI=1S/C6H6BrClN2O/c1-10-6(11)4(2-7)5(8)3-9-10/h3H,2H2,1H3. The molecule has 0 aliphatic carbocycles. The van der Waals surface area contributed by atoms with Gasteiger partial charge >= 0.3 is 0 Å². The molecule has 0 aliphatic rings. The molecule has 1 aromatic rings. The summed E-state index contributed by atoms with van der Waals surface area (Å²) in [6.07, 6.45) is 1.46. The molecule has 0 unspecified atom stereocenters. The van der Waals surface area contributed by atoms with Gasteiger partial charge in [-0.2, -0.15) is 5.10 Å². The Morgan fingerprint density at radius 1 is 1.82 bits per heavy atom. The van der Waals surface area contributed by atoms with Gasteiger partial charge in [0, 0.05) is 17.9 Å². The molecule has 60 valence electrons. The predicted molar refractivity (Wildman–Crippen MR) is 47.1 cm³/mol. The summed E-state index contributed by atoms with van der Waals surface area (Å²) in [4.78, 5) is 11.2. The van der Waals surface area contributed by atoms with E-state index in [4.69, 9.17) is 11.6 Å². The van der Waals surface area contributed by atoms with E-state index in [1.54, 1.807) is 7.05 Å². The van der Waals surface area contributed by atoms with Crippen LogP contribution in [-0.2, 0) is 12.4 Å². The smallest absolute Gasteiger partial charge is 0.267 e. The zero-order chi connectivity index (χ0) is 8.43. The average Bonchev–Trinajstić information content (AvgIpc) is 1.99. The van der Waals surface area contributed by atoms with Crippen LogP contribution >= 0.6 is 27.5 Å². The van der Waals surface area contributed by atoms with E-state index in [-0.39, 0.29) is 5.56 Å². The van der Waals surface area contributed by atoms with Gasteiger partial charge in [0.05, 0.1) is 11.2 Å². The Balaban J connectivity index is 3.41. The van der Waals surface area contributed by atoms with Crippen LogP contribution < -0.4 is 5.56 Å². The van der Waals surface area contributed by atoms with Crippen LogP contribution in [0.3, 0.4) is 0 Å². The molecule has 1 heterocycles. The summed E-state index contributed by atoms with van der Waals surface area (Å²) in [6, 6.07) is 0. The van der Waals surface area contributed by atoms with E-state index < -0.39 is 0 Å². The van der Waals surface area contributed by atoms with E-state index in [1.807, 2.05) is 0 Å². The van der Waals surface area contributed by atoms with Gasteiger partial charge in [0.1, 0.15) is 0 Å². The van der Waals surface area contributed by atoms with Gasteiger partial charge in [-0.25, -0.2) is 4.68 Å². The van der Waals surface area contributed by atoms with Gasteiger partial charge in [-0.15, -0.1) is 0 Å². The molecule has 0 saturated carbocycles. The Labute approximate surface area is 77.1 Å². The first-order chi connectivity index (χ1) is 5.16. The van der Waals surface area contributed by atoms with Crippen molar-refractivity contribution in [2.24, 2.45) is 7.05 Å². The van der Waals surface area contributed by atoms with Crippen LogP contribution in [0.25, 0.3) is 0 Å². The quantitative estimate of drug-likeness (QED) is 0.691. The summed E-state index contributed by atoms with van der Waals surface area (Å²) < 4.78 is 1.25. The number of rotatable bonds is 1. The second-order valence-corrected chi connectivity index (χ2v) is 3.00. The first kappa shape index (κ1) is 8.74. The minimum atomic E-state index is -0.158. The molecule has 0 bridgehead atoms. The van der Waals surface area contributed by atoms with Crippen molar-refractivity contribution >= 4 is 27.5 Å². The molecule has 0 amide bonds. The molecule has 1 rings (SSSR count). The highest BCUT2D eigenvalue weighted by Crippen LogP contribution is 2.11. The Hall–Kier alpha value is -0.350. The second kappa shape index (κ2) is 3.36. The van der Waals surface area contributed by atoms with Gasteiger partial charge in [-0.1, -0.05) is 27.5 Å². The molecule has 0 N–H and O–H groups in total. The third-order valence-corrected chi connectivity index (χ3v) is 2.20. The Morgan fingerprint density at radius 3 is 2.91 bits per heavy atom. The lowest BCUT2D eigenvalue weighted by atomic mass is 10.3. The largest absolute Gasteiger partial charge is 0.272 e. The van der Waals surface area contributed by atoms with Crippen molar-refractivity contribution in [3.63, 3.8) is 0 Å². The number of hydrogen-bond acceptors (Lipinski definition) is 2. The van der Waals surface area contributed by atoms with Gasteiger partial charge in [-0.3, -0.25) is 4.79 Å². The zero-order valence-electron chi connectivity index (χ0n) is 5.84. The maximum atomic E-state index is 11.2. The number of hydrogen-bond donors (Lipinski definition) is 0. The maximum Gasteiger partial charge on any atom is 0.272 e. The predicted octanol–water partition coefficient (Wildman–Crippen LogP) is 1.33. The molecule has 0 spiro atoms. The fraction of sp³-hybridized carbons (Fsp3) is 0.333. The van der Waals surface area contributed by atoms with Crippen molar-refractivity contribution < 1.29 is 0 Å². The number of nitrogens with zero attached hydrogens (tertiary/aromatic N) is 2. The first-order valence-corrected chi connectivity index (χ1v) is 4.43. The second-order valence-electron chi connectivity index (χ2n) is 2.03. The minimum Gasteiger partial charge on any atom is -0.267 e. The maximum absolute atomic E-state index is 11.2. The summed E-state index contributed by atoms with van der Waals surface area (Å²) in [6.45, 7) is 0. The number of aromatic nitrogens is 2. The lowest BCUT2D eigenvalue weighted by molar-refractivity contribution is 0.699. The number of halogens is 2. The van der Waals surface area contributed by atoms with Crippen molar-refractivity contribution in [2.75, 3.05) is 0 Å². The van der Waals surface area contributed by atoms with E-state index >= 15 is 0 Å². The summed E-state index contributed by atoms with van der Waals surface area (Å²) in [7, 11) is 1.59. The molecular weight excluding hydrogens is 231 g/mol. The molecular formula is C6H6BrClN2O. The molecule has 0 saturated heterocycles. The minimum absolute atomic E-state index is 0.158. The third-order valence-electron chi connectivity index (χ3n) is 1.32. The van der Waals surface area contributed by atoms with Crippen molar-refractivity contribution in [2.45, 2.75) is 5.33 Å². The SMILES string of the molecule is Cn1ncc(Cl)c(CBr)c1=O. The van der Waals surface area contributed by atoms with Crippen LogP contribution in [0.2, 0.25) is 5.02 Å². The summed E-state index contributed by atoms with van der Waals surface area (Å²) in [5.74, 6) is 0. The van der Waals surface area contributed by atoms with Gasteiger partial charge < -0.3 is 0 Å². The van der Waals surface area contributed by atoms with Crippen molar-refractivity contribution in [3.8, 4) is 0 Å². The molecule has 0 aliphatic heterocycles. The number of aryl methyl sites for hydroxylation is 1. The fourth-order valence-corrected chi connectivity index (χ4v) is 1.58. The van der Waals surface area contributed by atoms with Crippen LogP contribution in [0.1, 0.15) is 5.56 Å². The highest BCUT2D eigenvalue weighted by molar-refractivity contribution is 9.08. The lowest BCUT2D eigenvalue weighted by Gasteiger charge is -1.99. The third kappa shape index (κ3) is 1.62. The van der Waals surface area contributed by atoms with Crippen LogP contribution in [0.5, 0.6) is 0 Å². The normalized spacial score (nSPS) is 10.1. The van der Waals surface area contributed by atoms with E-state index in [1.165, 1.54) is 10.9 Å². The van der Waals surface area contributed by atoms with Crippen molar-refractivity contribution in [3.05, 3.63) is 27.1 Å². The zero-order valence-corrected chi connectivity index (χ0v) is 8.18. The van der Waals surface area contributed by atoms with Crippen LogP contribution in [0.4, 0.5) is 0 Å². The van der Waals surface area contributed by atoms with Crippen molar-refractivity contribution in [1.29, 1.82) is 0 Å². The topological polar surface area (TPSA) is 34.9 Å². The average molecular weight is 237 g/mol. The molecule has 0 aromatic carbocycles. The molecule has 11 heavy (non-hydrogen) atoms. The van der Waals surface area contributed by atoms with E-state index in [0.717, 1.165) is 0 Å². The van der Waals surface area contributed by atoms with Crippen LogP contribution in [0, 0.1) is 0 Å². The lowest BCUT2D eigenvalue weighted by Crippen LogP contribution is -2.22. The van der Waals surface area contributed by atoms with E-state index in [2.05, 4.69) is 21.0 Å². The Kier molecular flexibility index (Phi) is 2.67. The first-order valence-electron chi connectivity index (χ1n) is 2.93. The number of alkyl halides is 1. The van der Waals surface area contributed by atoms with Crippen LogP contribution in [0.15, 0.2) is 11.0 Å². The van der Waals surface area contributed by atoms with E-state index in [0.29, 0.717) is 15.9 Å². The fourth-order valence-electron chi connectivity index (χ4n) is 0.686. The summed E-state index contributed by atoms with van der Waals surface area (Å²) in [5, 5.41) is 4.60. The molecule has 0 atom stereocenters. The summed E-state index contributed by atoms with van der Waals surface area (Å²) >= 11 is 8.86. The van der Waals surface area contributed by atoms with Gasteiger partial charge in [0.2, 0.25) is 0 Å². The molecule has 3 nitrogen and oxygen atoms in total. The molecule has 0 fully saturated rings. The highest BCUT2D eigenvalue weighted by Gasteiger charge is 2.04. The molecule has 5 heteroatoms. The van der Waals surface area contributed by atoms with E-state index in [9.17, 15) is 4.79 Å². The molecule has 1 aromatic heterocycles. The highest BCUT2D eigenvalue weighted by atomic mass is 79.9. The Morgan fingerprint density at radius 2 is 2.45 bits per heavy atom. The van der Waals surface area contributed by atoms with Gasteiger partial charge in [0.25, 0.3) is 5.56 Å². The summed E-state index contributed by atoms with van der Waals surface area (Å²) in [5.41, 5.74) is 0.388. The Bertz CT molecular complexity index is 323.